The molecule has 0 aromatic carbocycles. The quantitative estimate of drug-likeness (QED) is 0.530. The van der Waals surface area contributed by atoms with Crippen LogP contribution in [0, 0.1) is 17.8 Å². The van der Waals surface area contributed by atoms with E-state index in [0.717, 1.165) is 11.1 Å². The van der Waals surface area contributed by atoms with Crippen molar-refractivity contribution >= 4 is 23.9 Å². The summed E-state index contributed by atoms with van der Waals surface area (Å²) < 4.78 is 9.39. The predicted octanol–water partition coefficient (Wildman–Crippen LogP) is 0.978. The summed E-state index contributed by atoms with van der Waals surface area (Å²) >= 11 is 0. The largest absolute Gasteiger partial charge is 0.393 e. The highest BCUT2D eigenvalue weighted by atomic mass is 16.6. The summed E-state index contributed by atoms with van der Waals surface area (Å²) in [5, 5.41) is 0. The minimum atomic E-state index is -0.668. The highest BCUT2D eigenvalue weighted by Crippen LogP contribution is 2.48. The number of ether oxygens (including phenoxy) is 2. The first-order chi connectivity index (χ1) is 10.6. The third kappa shape index (κ3) is 1.73. The normalized spacial score (nSPS) is 33.5. The number of carbonyl (C=O) groups excluding carboxylic acids is 4. The van der Waals surface area contributed by atoms with Gasteiger partial charge < -0.3 is 9.47 Å². The lowest BCUT2D eigenvalue weighted by Gasteiger charge is -2.30. The van der Waals surface area contributed by atoms with E-state index in [4.69, 9.17) is 4.74 Å². The Morgan fingerprint density at radius 1 is 0.955 bits per heavy atom. The van der Waals surface area contributed by atoms with E-state index < -0.39 is 41.6 Å². The third-order valence-corrected chi connectivity index (χ3v) is 4.64. The molecule has 0 aromatic heterocycles. The Morgan fingerprint density at radius 2 is 1.77 bits per heavy atom. The van der Waals surface area contributed by atoms with Gasteiger partial charge in [-0.3, -0.25) is 19.2 Å². The van der Waals surface area contributed by atoms with Crippen molar-refractivity contribution in [3.8, 4) is 0 Å². The zero-order valence-corrected chi connectivity index (χ0v) is 11.5. The van der Waals surface area contributed by atoms with Crippen LogP contribution in [0.4, 0.5) is 0 Å². The van der Waals surface area contributed by atoms with Crippen molar-refractivity contribution in [1.82, 2.24) is 0 Å². The zero-order chi connectivity index (χ0) is 15.4. The number of esters is 4. The van der Waals surface area contributed by atoms with Crippen LogP contribution in [0.5, 0.6) is 0 Å². The maximum Gasteiger partial charge on any atom is 0.321 e. The molecule has 0 radical (unpaired) electrons. The lowest BCUT2D eigenvalue weighted by atomic mass is 9.69. The fourth-order valence-electron chi connectivity index (χ4n) is 3.67. The van der Waals surface area contributed by atoms with Crippen molar-refractivity contribution in [3.63, 3.8) is 0 Å². The summed E-state index contributed by atoms with van der Waals surface area (Å²) in [7, 11) is 0. The topological polar surface area (TPSA) is 86.7 Å². The Balaban J connectivity index is 1.83. The molecule has 0 spiro atoms. The molecule has 0 N–H and O–H groups in total. The molecule has 3 unspecified atom stereocenters. The Bertz CT molecular complexity index is 723. The van der Waals surface area contributed by atoms with Crippen molar-refractivity contribution in [2.75, 3.05) is 0 Å². The van der Waals surface area contributed by atoms with Crippen LogP contribution < -0.4 is 0 Å². The molecule has 0 bridgehead atoms. The lowest BCUT2D eigenvalue weighted by molar-refractivity contribution is -0.155. The maximum absolute atomic E-state index is 11.9. The summed E-state index contributed by atoms with van der Waals surface area (Å²) in [4.78, 5) is 47.1. The standard InChI is InChI=1S/C16H12O6/c17-12-6-10(14(18)21-12)9-5-11-13(16(20)22-15(11)19)8-4-2-1-3-7(8)9/h1,3-4,10-11,13H,2,5-6H2. The molecule has 2 fully saturated rings. The average Bonchev–Trinajstić information content (AvgIpc) is 2.97. The van der Waals surface area contributed by atoms with Gasteiger partial charge in [-0.05, 0) is 29.6 Å². The van der Waals surface area contributed by atoms with Gasteiger partial charge in [0.15, 0.2) is 0 Å². The molecule has 2 aliphatic heterocycles. The van der Waals surface area contributed by atoms with Gasteiger partial charge >= 0.3 is 23.9 Å². The first kappa shape index (κ1) is 13.2. The van der Waals surface area contributed by atoms with Crippen LogP contribution in [-0.4, -0.2) is 23.9 Å². The van der Waals surface area contributed by atoms with E-state index in [1.165, 1.54) is 0 Å². The predicted molar refractivity (Wildman–Crippen MR) is 70.8 cm³/mol. The highest BCUT2D eigenvalue weighted by molar-refractivity contribution is 6.01. The second kappa shape index (κ2) is 4.50. The molecule has 112 valence electrons. The van der Waals surface area contributed by atoms with Gasteiger partial charge in [0.25, 0.3) is 0 Å². The van der Waals surface area contributed by atoms with Gasteiger partial charge in [-0.1, -0.05) is 18.2 Å². The smallest absolute Gasteiger partial charge is 0.321 e. The number of hydrogen-bond acceptors (Lipinski definition) is 6. The van der Waals surface area contributed by atoms with E-state index in [2.05, 4.69) is 4.74 Å². The first-order valence-corrected chi connectivity index (χ1v) is 7.16. The van der Waals surface area contributed by atoms with E-state index in [1.807, 2.05) is 18.2 Å². The van der Waals surface area contributed by atoms with Crippen LogP contribution in [0.3, 0.4) is 0 Å². The highest BCUT2D eigenvalue weighted by Gasteiger charge is 2.52. The summed E-state index contributed by atoms with van der Waals surface area (Å²) in [5.74, 6) is -4.09. The zero-order valence-electron chi connectivity index (χ0n) is 11.5. The van der Waals surface area contributed by atoms with Crippen LogP contribution in [-0.2, 0) is 28.7 Å². The number of fused-ring (bicyclic) bond motifs is 3. The summed E-state index contributed by atoms with van der Waals surface area (Å²) in [6.07, 6.45) is 6.55. The molecule has 2 saturated heterocycles. The minimum Gasteiger partial charge on any atom is -0.393 e. The van der Waals surface area contributed by atoms with Crippen molar-refractivity contribution in [2.24, 2.45) is 17.8 Å². The SMILES string of the molecule is O=C1CC(C2=C3C=CCC=C3C3C(=O)OC(=O)C3C2)C(=O)O1. The van der Waals surface area contributed by atoms with E-state index >= 15 is 0 Å². The van der Waals surface area contributed by atoms with Gasteiger partial charge in [0, 0.05) is 0 Å². The van der Waals surface area contributed by atoms with Gasteiger partial charge in [0.1, 0.15) is 0 Å². The van der Waals surface area contributed by atoms with E-state index in [1.54, 1.807) is 0 Å². The molecule has 3 atom stereocenters. The Morgan fingerprint density at radius 3 is 2.50 bits per heavy atom. The van der Waals surface area contributed by atoms with Crippen LogP contribution in [0.15, 0.2) is 34.9 Å². The average molecular weight is 300 g/mol. The molecule has 4 aliphatic rings. The Kier molecular flexibility index (Phi) is 2.69. The molecular weight excluding hydrogens is 288 g/mol. The molecule has 4 rings (SSSR count). The monoisotopic (exact) mass is 300 g/mol. The molecule has 6 nitrogen and oxygen atoms in total. The van der Waals surface area contributed by atoms with Crippen LogP contribution in [0.2, 0.25) is 0 Å². The summed E-state index contributed by atoms with van der Waals surface area (Å²) in [5.41, 5.74) is 2.21. The van der Waals surface area contributed by atoms with Crippen molar-refractivity contribution in [3.05, 3.63) is 34.9 Å². The Labute approximate surface area is 125 Å². The maximum atomic E-state index is 11.9. The molecule has 6 heteroatoms. The Hall–Kier alpha value is -2.50. The second-order valence-electron chi connectivity index (χ2n) is 5.81. The molecule has 2 aliphatic carbocycles. The van der Waals surface area contributed by atoms with Crippen molar-refractivity contribution in [2.45, 2.75) is 19.3 Å². The van der Waals surface area contributed by atoms with E-state index in [9.17, 15) is 19.2 Å². The lowest BCUT2D eigenvalue weighted by Crippen LogP contribution is -2.30. The van der Waals surface area contributed by atoms with Gasteiger partial charge in [-0.15, -0.1) is 0 Å². The summed E-state index contributed by atoms with van der Waals surface area (Å²) in [6, 6.07) is 0. The second-order valence-corrected chi connectivity index (χ2v) is 5.81. The fraction of sp³-hybridized carbons (Fsp3) is 0.375. The number of carbonyl (C=O) groups is 4. The van der Waals surface area contributed by atoms with Gasteiger partial charge in [-0.2, -0.15) is 0 Å². The van der Waals surface area contributed by atoms with Gasteiger partial charge in [-0.25, -0.2) is 0 Å². The molecule has 0 aromatic rings. The molecular formula is C16H12O6. The molecule has 22 heavy (non-hydrogen) atoms. The fourth-order valence-corrected chi connectivity index (χ4v) is 3.67. The van der Waals surface area contributed by atoms with Crippen molar-refractivity contribution < 1.29 is 28.7 Å². The molecule has 2 heterocycles. The van der Waals surface area contributed by atoms with Gasteiger partial charge in [0.05, 0.1) is 24.2 Å². The molecule has 0 saturated carbocycles. The number of hydrogen-bond donors (Lipinski definition) is 0. The third-order valence-electron chi connectivity index (χ3n) is 4.64. The van der Waals surface area contributed by atoms with Crippen molar-refractivity contribution in [1.29, 1.82) is 0 Å². The van der Waals surface area contributed by atoms with Gasteiger partial charge in [0.2, 0.25) is 0 Å². The number of rotatable bonds is 1. The molecule has 0 amide bonds. The number of cyclic esters (lactones) is 4. The number of allylic oxidation sites excluding steroid dienone is 4. The first-order valence-electron chi connectivity index (χ1n) is 7.16. The summed E-state index contributed by atoms with van der Waals surface area (Å²) in [6.45, 7) is 0. The van der Waals surface area contributed by atoms with Crippen LogP contribution in [0.25, 0.3) is 0 Å². The van der Waals surface area contributed by atoms with Crippen LogP contribution in [0.1, 0.15) is 19.3 Å². The van der Waals surface area contributed by atoms with E-state index in [0.29, 0.717) is 12.0 Å². The van der Waals surface area contributed by atoms with E-state index in [-0.39, 0.29) is 12.8 Å². The van der Waals surface area contributed by atoms with Crippen LogP contribution >= 0.6 is 0 Å². The minimum absolute atomic E-state index is 0.0147.